The number of alkyl halides is 2. The molecule has 0 aliphatic heterocycles. The van der Waals surface area contributed by atoms with Crippen molar-refractivity contribution in [1.82, 2.24) is 0 Å². The van der Waals surface area contributed by atoms with E-state index in [0.29, 0.717) is 0 Å². The molecule has 1 aromatic rings. The van der Waals surface area contributed by atoms with E-state index in [1.165, 1.54) is 32.9 Å². The maximum absolute atomic E-state index is 13.9. The second-order valence-corrected chi connectivity index (χ2v) is 6.46. The van der Waals surface area contributed by atoms with E-state index in [9.17, 15) is 23.7 Å². The van der Waals surface area contributed by atoms with Crippen LogP contribution in [0.5, 0.6) is 0 Å². The van der Waals surface area contributed by atoms with Gasteiger partial charge in [0.05, 0.1) is 17.8 Å². The van der Waals surface area contributed by atoms with E-state index >= 15 is 0 Å². The Bertz CT molecular complexity index is 567. The normalized spacial score (nSPS) is 12.9. The van der Waals surface area contributed by atoms with Gasteiger partial charge in [0.2, 0.25) is 0 Å². The molecule has 0 aliphatic carbocycles. The molecule has 0 aromatic heterocycles. The first-order valence-electron chi connectivity index (χ1n) is 7.56. The van der Waals surface area contributed by atoms with Gasteiger partial charge in [0.25, 0.3) is 0 Å². The van der Waals surface area contributed by atoms with E-state index < -0.39 is 35.8 Å². The zero-order valence-electron chi connectivity index (χ0n) is 14.5. The number of rotatable bonds is 7. The van der Waals surface area contributed by atoms with Gasteiger partial charge < -0.3 is 19.5 Å². The molecule has 0 saturated carbocycles. The summed E-state index contributed by atoms with van der Waals surface area (Å²) in [6.07, 6.45) is 0. The fourth-order valence-electron chi connectivity index (χ4n) is 1.69. The van der Waals surface area contributed by atoms with Crippen molar-refractivity contribution in [3.05, 3.63) is 29.8 Å². The molecule has 134 valence electrons. The summed E-state index contributed by atoms with van der Waals surface area (Å²) >= 11 is 0. The van der Waals surface area contributed by atoms with E-state index in [4.69, 9.17) is 4.65 Å². The summed E-state index contributed by atoms with van der Waals surface area (Å²) < 4.78 is 37.6. The fourth-order valence-corrected chi connectivity index (χ4v) is 1.69. The monoisotopic (exact) mass is 344 g/mol. The zero-order valence-corrected chi connectivity index (χ0v) is 14.5. The SMILES string of the molecule is CCOC(=O)C(F)(F)c1ccc(B(O)OC(C)(C)C(C)(C)O)cc1. The molecule has 0 amide bonds. The van der Waals surface area contributed by atoms with Gasteiger partial charge in [0.1, 0.15) is 0 Å². The van der Waals surface area contributed by atoms with Crippen LogP contribution in [0.2, 0.25) is 0 Å². The van der Waals surface area contributed by atoms with Gasteiger partial charge in [0, 0.05) is 5.56 Å². The second kappa shape index (κ2) is 7.17. The van der Waals surface area contributed by atoms with Crippen LogP contribution in [0.4, 0.5) is 8.78 Å². The minimum absolute atomic E-state index is 0.148. The Kier molecular flexibility index (Phi) is 6.13. The van der Waals surface area contributed by atoms with E-state index in [1.807, 2.05) is 0 Å². The summed E-state index contributed by atoms with van der Waals surface area (Å²) in [6.45, 7) is 7.55. The van der Waals surface area contributed by atoms with Crippen LogP contribution in [0.3, 0.4) is 0 Å². The molecule has 8 heteroatoms. The highest BCUT2D eigenvalue weighted by atomic mass is 19.3. The summed E-state index contributed by atoms with van der Waals surface area (Å²) in [6, 6.07) is 4.51. The number of benzene rings is 1. The number of esters is 1. The number of carbonyl (C=O) groups excluding carboxylic acids is 1. The molecule has 1 aromatic carbocycles. The Labute approximate surface area is 140 Å². The van der Waals surface area contributed by atoms with Crippen LogP contribution in [0.15, 0.2) is 24.3 Å². The predicted octanol–water partition coefficient (Wildman–Crippen LogP) is 1.60. The Morgan fingerprint density at radius 1 is 1.17 bits per heavy atom. The molecule has 0 fully saturated rings. The Morgan fingerprint density at radius 2 is 1.67 bits per heavy atom. The van der Waals surface area contributed by atoms with Crippen LogP contribution in [0, 0.1) is 0 Å². The molecular weight excluding hydrogens is 321 g/mol. The summed E-state index contributed by atoms with van der Waals surface area (Å²) in [4.78, 5) is 11.3. The molecule has 5 nitrogen and oxygen atoms in total. The van der Waals surface area contributed by atoms with Crippen LogP contribution in [0.25, 0.3) is 0 Å². The van der Waals surface area contributed by atoms with Crippen LogP contribution >= 0.6 is 0 Å². The van der Waals surface area contributed by atoms with Gasteiger partial charge >= 0.3 is 19.0 Å². The van der Waals surface area contributed by atoms with Crippen molar-refractivity contribution in [2.45, 2.75) is 51.7 Å². The van der Waals surface area contributed by atoms with Gasteiger partial charge in [0.15, 0.2) is 0 Å². The first-order valence-corrected chi connectivity index (χ1v) is 7.56. The minimum atomic E-state index is -3.77. The molecular formula is C16H23BF2O5. The van der Waals surface area contributed by atoms with Gasteiger partial charge in [-0.15, -0.1) is 0 Å². The zero-order chi connectivity index (χ0) is 18.8. The number of hydrogen-bond donors (Lipinski definition) is 2. The molecule has 0 spiro atoms. The summed E-state index contributed by atoms with van der Waals surface area (Å²) in [5.74, 6) is -5.40. The van der Waals surface area contributed by atoms with Crippen LogP contribution in [0.1, 0.15) is 40.2 Å². The van der Waals surface area contributed by atoms with Gasteiger partial charge in [-0.05, 0) is 40.1 Å². The highest BCUT2D eigenvalue weighted by Gasteiger charge is 2.43. The van der Waals surface area contributed by atoms with Crippen LogP contribution < -0.4 is 5.46 Å². The number of halogens is 2. The lowest BCUT2D eigenvalue weighted by Crippen LogP contribution is -2.53. The summed E-state index contributed by atoms with van der Waals surface area (Å²) in [7, 11) is -1.42. The Balaban J connectivity index is 2.93. The first-order chi connectivity index (χ1) is 10.8. The van der Waals surface area contributed by atoms with Gasteiger partial charge in [-0.1, -0.05) is 24.3 Å². The topological polar surface area (TPSA) is 76.0 Å². The smallest absolute Gasteiger partial charge is 0.461 e. The third kappa shape index (κ3) is 4.52. The third-order valence-corrected chi connectivity index (χ3v) is 3.97. The lowest BCUT2D eigenvalue weighted by Gasteiger charge is -2.38. The number of ether oxygens (including phenoxy) is 1. The quantitative estimate of drug-likeness (QED) is 0.580. The number of aliphatic hydroxyl groups is 1. The van der Waals surface area contributed by atoms with E-state index in [2.05, 4.69) is 4.74 Å². The minimum Gasteiger partial charge on any atom is -0.461 e. The summed E-state index contributed by atoms with van der Waals surface area (Å²) in [5, 5.41) is 20.1. The van der Waals surface area contributed by atoms with Gasteiger partial charge in [-0.25, -0.2) is 4.79 Å². The van der Waals surface area contributed by atoms with Crippen molar-refractivity contribution in [3.63, 3.8) is 0 Å². The van der Waals surface area contributed by atoms with Crippen molar-refractivity contribution in [2.24, 2.45) is 0 Å². The fraction of sp³-hybridized carbons (Fsp3) is 0.562. The molecule has 0 atom stereocenters. The molecule has 0 saturated heterocycles. The van der Waals surface area contributed by atoms with Crippen molar-refractivity contribution in [2.75, 3.05) is 6.61 Å². The van der Waals surface area contributed by atoms with Crippen molar-refractivity contribution < 1.29 is 33.1 Å². The molecule has 24 heavy (non-hydrogen) atoms. The largest absolute Gasteiger partial charge is 0.491 e. The predicted molar refractivity (Wildman–Crippen MR) is 86.0 cm³/mol. The average Bonchev–Trinajstić information content (AvgIpc) is 2.46. The van der Waals surface area contributed by atoms with Gasteiger partial charge in [-0.3, -0.25) is 0 Å². The Morgan fingerprint density at radius 3 is 2.08 bits per heavy atom. The standard InChI is InChI=1S/C16H23BF2O5/c1-6-23-13(20)16(18,19)11-7-9-12(10-8-11)17(22)24-15(4,5)14(2,3)21/h7-10,21-22H,6H2,1-5H3. The molecule has 2 N–H and O–H groups in total. The molecule has 0 unspecified atom stereocenters. The average molecular weight is 344 g/mol. The maximum atomic E-state index is 13.9. The number of carbonyl (C=O) groups is 1. The lowest BCUT2D eigenvalue weighted by molar-refractivity contribution is -0.173. The molecule has 0 aliphatic rings. The molecule has 0 bridgehead atoms. The van der Waals surface area contributed by atoms with Crippen molar-refractivity contribution in [1.29, 1.82) is 0 Å². The maximum Gasteiger partial charge on any atom is 0.491 e. The third-order valence-electron chi connectivity index (χ3n) is 3.97. The Hall–Kier alpha value is -1.51. The summed E-state index contributed by atoms with van der Waals surface area (Å²) in [5.41, 5.74) is -2.64. The lowest BCUT2D eigenvalue weighted by atomic mass is 9.76. The molecule has 0 heterocycles. The molecule has 0 radical (unpaired) electrons. The molecule has 1 rings (SSSR count). The highest BCUT2D eigenvalue weighted by molar-refractivity contribution is 6.60. The number of hydrogen-bond acceptors (Lipinski definition) is 5. The van der Waals surface area contributed by atoms with E-state index in [1.54, 1.807) is 13.8 Å². The first kappa shape index (κ1) is 20.5. The van der Waals surface area contributed by atoms with E-state index in [0.717, 1.165) is 12.1 Å². The van der Waals surface area contributed by atoms with Crippen molar-refractivity contribution in [3.8, 4) is 0 Å². The van der Waals surface area contributed by atoms with Crippen molar-refractivity contribution >= 4 is 18.6 Å². The van der Waals surface area contributed by atoms with E-state index in [-0.39, 0.29) is 12.1 Å². The highest BCUT2D eigenvalue weighted by Crippen LogP contribution is 2.29. The van der Waals surface area contributed by atoms with Gasteiger partial charge in [-0.2, -0.15) is 8.78 Å². The second-order valence-electron chi connectivity index (χ2n) is 6.46. The van der Waals surface area contributed by atoms with Crippen LogP contribution in [-0.4, -0.2) is 41.0 Å². The van der Waals surface area contributed by atoms with Crippen LogP contribution in [-0.2, 0) is 20.1 Å².